The summed E-state index contributed by atoms with van der Waals surface area (Å²) < 4.78 is 0. The van der Waals surface area contributed by atoms with Crippen molar-refractivity contribution in [1.82, 2.24) is 25.1 Å². The Morgan fingerprint density at radius 3 is 3.04 bits per heavy atom. The molecule has 1 atom stereocenters. The van der Waals surface area contributed by atoms with Gasteiger partial charge in [0.25, 0.3) is 0 Å². The molecule has 0 bridgehead atoms. The molecule has 2 saturated heterocycles. The summed E-state index contributed by atoms with van der Waals surface area (Å²) in [5.74, 6) is -1.10. The van der Waals surface area contributed by atoms with Crippen LogP contribution in [0.25, 0.3) is 11.3 Å². The summed E-state index contributed by atoms with van der Waals surface area (Å²) in [6.45, 7) is 1.46. The number of piperazine rings is 2. The minimum Gasteiger partial charge on any atom is -0.346 e. The number of pyridine rings is 1. The van der Waals surface area contributed by atoms with Crippen molar-refractivity contribution in [3.8, 4) is 11.3 Å². The lowest BCUT2D eigenvalue weighted by Crippen LogP contribution is -2.66. The van der Waals surface area contributed by atoms with Gasteiger partial charge in [0.2, 0.25) is 0 Å². The van der Waals surface area contributed by atoms with Gasteiger partial charge in [0.15, 0.2) is 5.13 Å². The Balaban J connectivity index is 1.39. The van der Waals surface area contributed by atoms with Crippen molar-refractivity contribution in [2.45, 2.75) is 6.04 Å². The topological polar surface area (TPSA) is 108 Å². The molecule has 0 spiro atoms. The van der Waals surface area contributed by atoms with Crippen LogP contribution in [0.3, 0.4) is 0 Å². The number of carbonyl (C=O) groups excluding carboxylic acids is 3. The summed E-state index contributed by atoms with van der Waals surface area (Å²) in [7, 11) is 0. The van der Waals surface area contributed by atoms with Crippen LogP contribution in [0.4, 0.5) is 9.93 Å². The number of carbonyl (C=O) groups is 3. The van der Waals surface area contributed by atoms with E-state index in [1.54, 1.807) is 17.3 Å². The van der Waals surface area contributed by atoms with Gasteiger partial charge in [0.1, 0.15) is 0 Å². The van der Waals surface area contributed by atoms with E-state index in [1.807, 2.05) is 17.5 Å². The molecular formula is C16H16N6O3S. The third kappa shape index (κ3) is 3.10. The van der Waals surface area contributed by atoms with Gasteiger partial charge in [-0.25, -0.2) is 9.78 Å². The summed E-state index contributed by atoms with van der Waals surface area (Å²) in [5.41, 5.74) is 1.64. The van der Waals surface area contributed by atoms with E-state index in [4.69, 9.17) is 0 Å². The minimum atomic E-state index is -0.579. The molecule has 4 heterocycles. The summed E-state index contributed by atoms with van der Waals surface area (Å²) >= 11 is 1.34. The number of hydrogen-bond donors (Lipinski definition) is 2. The van der Waals surface area contributed by atoms with Gasteiger partial charge >= 0.3 is 17.8 Å². The number of urea groups is 1. The molecule has 26 heavy (non-hydrogen) atoms. The Morgan fingerprint density at radius 1 is 1.35 bits per heavy atom. The number of anilines is 1. The number of nitrogens with one attached hydrogen (secondary N) is 2. The van der Waals surface area contributed by atoms with Gasteiger partial charge in [-0.15, -0.1) is 11.3 Å². The molecule has 2 aliphatic heterocycles. The highest BCUT2D eigenvalue weighted by Gasteiger charge is 2.38. The quantitative estimate of drug-likeness (QED) is 0.741. The molecule has 2 aliphatic rings. The van der Waals surface area contributed by atoms with Gasteiger partial charge in [0, 0.05) is 49.5 Å². The van der Waals surface area contributed by atoms with Crippen LogP contribution >= 0.6 is 11.3 Å². The molecule has 4 amide bonds. The van der Waals surface area contributed by atoms with Crippen LogP contribution in [0.2, 0.25) is 0 Å². The predicted octanol–water partition coefficient (Wildman–Crippen LogP) is 0.380. The van der Waals surface area contributed by atoms with Crippen LogP contribution in [0.1, 0.15) is 0 Å². The summed E-state index contributed by atoms with van der Waals surface area (Å²) in [4.78, 5) is 47.4. The molecule has 0 saturated carbocycles. The van der Waals surface area contributed by atoms with E-state index in [-0.39, 0.29) is 12.1 Å². The van der Waals surface area contributed by atoms with E-state index in [9.17, 15) is 14.4 Å². The lowest BCUT2D eigenvalue weighted by Gasteiger charge is -2.43. The maximum atomic E-state index is 12.5. The largest absolute Gasteiger partial charge is 0.346 e. The van der Waals surface area contributed by atoms with E-state index in [0.29, 0.717) is 31.3 Å². The zero-order valence-electron chi connectivity index (χ0n) is 13.7. The molecule has 0 aromatic carbocycles. The third-order valence-electron chi connectivity index (χ3n) is 4.40. The van der Waals surface area contributed by atoms with E-state index in [0.717, 1.165) is 11.3 Å². The van der Waals surface area contributed by atoms with Crippen molar-refractivity contribution in [3.63, 3.8) is 0 Å². The van der Waals surface area contributed by atoms with Crippen molar-refractivity contribution < 1.29 is 14.4 Å². The highest BCUT2D eigenvalue weighted by atomic mass is 32.1. The Kier molecular flexibility index (Phi) is 4.25. The van der Waals surface area contributed by atoms with E-state index in [2.05, 4.69) is 20.6 Å². The van der Waals surface area contributed by atoms with E-state index in [1.165, 1.54) is 16.2 Å². The molecule has 0 radical (unpaired) electrons. The molecule has 2 fully saturated rings. The van der Waals surface area contributed by atoms with E-state index >= 15 is 0 Å². The van der Waals surface area contributed by atoms with Gasteiger partial charge in [-0.2, -0.15) is 0 Å². The van der Waals surface area contributed by atoms with Crippen molar-refractivity contribution in [2.75, 3.05) is 31.5 Å². The highest BCUT2D eigenvalue weighted by molar-refractivity contribution is 7.14. The van der Waals surface area contributed by atoms with Gasteiger partial charge in [-0.05, 0) is 12.1 Å². The number of thiazole rings is 1. The fourth-order valence-corrected chi connectivity index (χ4v) is 3.76. The fraction of sp³-hybridized carbons (Fsp3) is 0.312. The summed E-state index contributed by atoms with van der Waals surface area (Å²) in [5, 5.41) is 7.72. The maximum absolute atomic E-state index is 12.5. The third-order valence-corrected chi connectivity index (χ3v) is 5.16. The van der Waals surface area contributed by atoms with Crippen LogP contribution in [-0.4, -0.2) is 69.8 Å². The maximum Gasteiger partial charge on any atom is 0.323 e. The number of amides is 4. The van der Waals surface area contributed by atoms with Crippen LogP contribution in [-0.2, 0) is 9.59 Å². The Bertz CT molecular complexity index is 855. The Hall–Kier alpha value is -3.01. The number of hydrogen-bond acceptors (Lipinski definition) is 6. The second-order valence-electron chi connectivity index (χ2n) is 6.02. The van der Waals surface area contributed by atoms with Crippen LogP contribution in [0, 0.1) is 0 Å². The van der Waals surface area contributed by atoms with Crippen molar-refractivity contribution in [2.24, 2.45) is 0 Å². The van der Waals surface area contributed by atoms with Crippen molar-refractivity contribution in [3.05, 3.63) is 29.9 Å². The first-order valence-corrected chi connectivity index (χ1v) is 9.00. The number of rotatable bonds is 2. The molecule has 9 nitrogen and oxygen atoms in total. The average molecular weight is 372 g/mol. The lowest BCUT2D eigenvalue weighted by atomic mass is 10.1. The van der Waals surface area contributed by atoms with Crippen molar-refractivity contribution >= 4 is 34.3 Å². The second kappa shape index (κ2) is 6.71. The standard InChI is InChI=1S/C16H16N6O3S/c23-13-14(24)22-5-4-21(8-11(22)7-18-13)16(25)20-15-19-12(9-26-15)10-2-1-3-17-6-10/h1-3,6,9,11H,4-5,7-8H2,(H,18,23)(H,19,20,25). The van der Waals surface area contributed by atoms with Crippen LogP contribution < -0.4 is 10.6 Å². The number of fused-ring (bicyclic) bond motifs is 1. The molecule has 2 aromatic rings. The van der Waals surface area contributed by atoms with Gasteiger partial charge < -0.3 is 15.1 Å². The van der Waals surface area contributed by atoms with Gasteiger partial charge in [0.05, 0.1) is 11.7 Å². The SMILES string of the molecule is O=C1NCC2CN(C(=O)Nc3nc(-c4cccnc4)cs3)CCN2C1=O. The van der Waals surface area contributed by atoms with Crippen LogP contribution in [0.5, 0.6) is 0 Å². The monoisotopic (exact) mass is 372 g/mol. The van der Waals surface area contributed by atoms with Crippen LogP contribution in [0.15, 0.2) is 29.9 Å². The summed E-state index contributed by atoms with van der Waals surface area (Å²) in [6, 6.07) is 3.28. The van der Waals surface area contributed by atoms with Gasteiger partial charge in [-0.3, -0.25) is 19.9 Å². The predicted molar refractivity (Wildman–Crippen MR) is 94.4 cm³/mol. The average Bonchev–Trinajstić information content (AvgIpc) is 3.14. The molecule has 0 aliphatic carbocycles. The second-order valence-corrected chi connectivity index (χ2v) is 6.88. The molecule has 134 valence electrons. The fourth-order valence-electron chi connectivity index (χ4n) is 3.05. The molecule has 2 N–H and O–H groups in total. The first-order chi connectivity index (χ1) is 12.6. The first kappa shape index (κ1) is 16.5. The number of nitrogens with zero attached hydrogens (tertiary/aromatic N) is 4. The Labute approximate surface area is 153 Å². The molecule has 10 heteroatoms. The molecule has 4 rings (SSSR count). The lowest BCUT2D eigenvalue weighted by molar-refractivity contribution is -0.152. The zero-order valence-corrected chi connectivity index (χ0v) is 14.5. The van der Waals surface area contributed by atoms with E-state index < -0.39 is 11.8 Å². The highest BCUT2D eigenvalue weighted by Crippen LogP contribution is 2.24. The number of aromatic nitrogens is 2. The molecular weight excluding hydrogens is 356 g/mol. The van der Waals surface area contributed by atoms with Gasteiger partial charge in [-0.1, -0.05) is 0 Å². The normalized spacial score (nSPS) is 19.8. The molecule has 1 unspecified atom stereocenters. The van der Waals surface area contributed by atoms with Crippen molar-refractivity contribution in [1.29, 1.82) is 0 Å². The molecule has 2 aromatic heterocycles. The smallest absolute Gasteiger partial charge is 0.323 e. The summed E-state index contributed by atoms with van der Waals surface area (Å²) in [6.07, 6.45) is 3.41. The first-order valence-electron chi connectivity index (χ1n) is 8.12. The zero-order chi connectivity index (χ0) is 18.1. The Morgan fingerprint density at radius 2 is 2.23 bits per heavy atom. The minimum absolute atomic E-state index is 0.193.